The molecule has 0 radical (unpaired) electrons. The monoisotopic (exact) mass is 420 g/mol. The minimum absolute atomic E-state index is 0.123. The van der Waals surface area contributed by atoms with Gasteiger partial charge in [-0.3, -0.25) is 4.79 Å². The Morgan fingerprint density at radius 3 is 2.29 bits per heavy atom. The number of nitrogens with zero attached hydrogens (tertiary/aromatic N) is 1. The first-order chi connectivity index (χ1) is 13.4. The molecule has 2 aromatic rings. The molecule has 0 aliphatic rings. The van der Waals surface area contributed by atoms with E-state index in [1.165, 1.54) is 0 Å². The molecule has 2 atom stereocenters. The number of hydrogen-bond acceptors (Lipinski definition) is 2. The van der Waals surface area contributed by atoms with Crippen LogP contribution in [-0.4, -0.2) is 30.4 Å². The number of hydrogen-bond donors (Lipinski definition) is 1. The van der Waals surface area contributed by atoms with E-state index in [2.05, 4.69) is 50.2 Å². The first-order valence-electron chi connectivity index (χ1n) is 9.88. The van der Waals surface area contributed by atoms with Crippen molar-refractivity contribution in [1.29, 1.82) is 0 Å². The van der Waals surface area contributed by atoms with E-state index < -0.39 is 0 Å². The third-order valence-corrected chi connectivity index (χ3v) is 6.05. The first-order valence-corrected chi connectivity index (χ1v) is 10.6. The summed E-state index contributed by atoms with van der Waals surface area (Å²) >= 11 is 12.2. The van der Waals surface area contributed by atoms with Crippen molar-refractivity contribution in [2.75, 3.05) is 13.6 Å². The molecule has 0 spiro atoms. The lowest BCUT2D eigenvalue weighted by Crippen LogP contribution is -2.44. The Hall–Kier alpha value is -1.55. The molecule has 1 N–H and O–H groups in total. The van der Waals surface area contributed by atoms with Gasteiger partial charge in [0.05, 0.1) is 16.6 Å². The maximum Gasteiger partial charge on any atom is 0.253 e. The van der Waals surface area contributed by atoms with E-state index in [1.807, 2.05) is 18.2 Å². The van der Waals surface area contributed by atoms with Gasteiger partial charge in [0.2, 0.25) is 0 Å². The van der Waals surface area contributed by atoms with E-state index in [-0.39, 0.29) is 18.0 Å². The second kappa shape index (κ2) is 10.8. The Morgan fingerprint density at radius 1 is 1.07 bits per heavy atom. The highest BCUT2D eigenvalue weighted by Crippen LogP contribution is 2.25. The summed E-state index contributed by atoms with van der Waals surface area (Å²) in [6, 6.07) is 15.0. The lowest BCUT2D eigenvalue weighted by molar-refractivity contribution is 0.0898. The number of carbonyl (C=O) groups excluding carboxylic acids is 1. The highest BCUT2D eigenvalue weighted by molar-refractivity contribution is 6.36. The Morgan fingerprint density at radius 2 is 1.71 bits per heavy atom. The SMILES string of the molecule is CCC(CC)CN(C)C(C)[C@H](NC(=O)c1ccc(Cl)cc1Cl)c1ccccc1. The standard InChI is InChI=1S/C23H30Cl2N2O/c1-5-17(6-2)15-27(4)16(3)22(18-10-8-7-9-11-18)26-23(28)20-13-12-19(24)14-21(20)25/h7-14,16-17,22H,5-6,15H2,1-4H3,(H,26,28)/t16?,22-/m0/s1. The Bertz CT molecular complexity index is 762. The van der Waals surface area contributed by atoms with Gasteiger partial charge in [0.15, 0.2) is 0 Å². The summed E-state index contributed by atoms with van der Waals surface area (Å²) in [5.41, 5.74) is 1.51. The fraction of sp³-hybridized carbons (Fsp3) is 0.435. The summed E-state index contributed by atoms with van der Waals surface area (Å²) in [6.07, 6.45) is 2.30. The van der Waals surface area contributed by atoms with Crippen LogP contribution in [0, 0.1) is 5.92 Å². The summed E-state index contributed by atoms with van der Waals surface area (Å²) in [6.45, 7) is 7.61. The zero-order valence-corrected chi connectivity index (χ0v) is 18.6. The van der Waals surface area contributed by atoms with E-state index >= 15 is 0 Å². The summed E-state index contributed by atoms with van der Waals surface area (Å²) in [5, 5.41) is 4.06. The molecule has 2 aromatic carbocycles. The van der Waals surface area contributed by atoms with Crippen LogP contribution in [-0.2, 0) is 0 Å². The predicted molar refractivity (Wildman–Crippen MR) is 119 cm³/mol. The highest BCUT2D eigenvalue weighted by atomic mass is 35.5. The van der Waals surface area contributed by atoms with Gasteiger partial charge in [-0.05, 0) is 43.7 Å². The molecule has 0 heterocycles. The Labute approximate surface area is 179 Å². The van der Waals surface area contributed by atoms with Crippen LogP contribution in [0.4, 0.5) is 0 Å². The largest absolute Gasteiger partial charge is 0.344 e. The van der Waals surface area contributed by atoms with Gasteiger partial charge in [0, 0.05) is 17.6 Å². The highest BCUT2D eigenvalue weighted by Gasteiger charge is 2.26. The lowest BCUT2D eigenvalue weighted by Gasteiger charge is -2.35. The molecule has 3 nitrogen and oxygen atoms in total. The maximum atomic E-state index is 13.0. The van der Waals surface area contributed by atoms with Gasteiger partial charge in [-0.25, -0.2) is 0 Å². The third-order valence-electron chi connectivity index (χ3n) is 5.50. The normalized spacial score (nSPS) is 13.6. The average Bonchev–Trinajstić information content (AvgIpc) is 2.69. The molecule has 0 saturated carbocycles. The molecule has 1 unspecified atom stereocenters. The number of carbonyl (C=O) groups is 1. The first kappa shape index (κ1) is 22.7. The molecule has 0 saturated heterocycles. The van der Waals surface area contributed by atoms with Crippen LogP contribution in [0.15, 0.2) is 48.5 Å². The van der Waals surface area contributed by atoms with Gasteiger partial charge >= 0.3 is 0 Å². The van der Waals surface area contributed by atoms with E-state index in [9.17, 15) is 4.79 Å². The number of halogens is 2. The van der Waals surface area contributed by atoms with Crippen LogP contribution in [0.2, 0.25) is 10.0 Å². The lowest BCUT2D eigenvalue weighted by atomic mass is 9.96. The fourth-order valence-electron chi connectivity index (χ4n) is 3.41. The van der Waals surface area contributed by atoms with Crippen LogP contribution >= 0.6 is 23.2 Å². The molecular weight excluding hydrogens is 391 g/mol. The number of likely N-dealkylation sites (N-methyl/N-ethyl adjacent to an activating group) is 1. The van der Waals surface area contributed by atoms with Crippen molar-refractivity contribution in [3.05, 3.63) is 69.7 Å². The molecule has 0 aliphatic heterocycles. The van der Waals surface area contributed by atoms with Gasteiger partial charge in [-0.2, -0.15) is 0 Å². The Balaban J connectivity index is 2.26. The van der Waals surface area contributed by atoms with Crippen LogP contribution in [0.25, 0.3) is 0 Å². The second-order valence-electron chi connectivity index (χ2n) is 7.35. The predicted octanol–water partition coefficient (Wildman–Crippen LogP) is 6.22. The molecule has 0 bridgehead atoms. The second-order valence-corrected chi connectivity index (χ2v) is 8.19. The molecule has 2 rings (SSSR count). The van der Waals surface area contributed by atoms with Crippen LogP contribution in [0.3, 0.4) is 0 Å². The molecule has 5 heteroatoms. The third kappa shape index (κ3) is 5.97. The van der Waals surface area contributed by atoms with Crippen LogP contribution in [0.5, 0.6) is 0 Å². The number of rotatable bonds is 9. The summed E-state index contributed by atoms with van der Waals surface area (Å²) in [5.74, 6) is 0.448. The molecule has 1 amide bonds. The van der Waals surface area contributed by atoms with Gasteiger partial charge in [0.25, 0.3) is 5.91 Å². The molecule has 0 aromatic heterocycles. The van der Waals surface area contributed by atoms with E-state index in [4.69, 9.17) is 23.2 Å². The topological polar surface area (TPSA) is 32.3 Å². The zero-order valence-electron chi connectivity index (χ0n) is 17.1. The number of benzene rings is 2. The molecular formula is C23H30Cl2N2O. The molecule has 0 aliphatic carbocycles. The Kier molecular flexibility index (Phi) is 8.81. The minimum Gasteiger partial charge on any atom is -0.344 e. The van der Waals surface area contributed by atoms with Gasteiger partial charge in [-0.15, -0.1) is 0 Å². The van der Waals surface area contributed by atoms with Crippen molar-refractivity contribution >= 4 is 29.1 Å². The molecule has 28 heavy (non-hydrogen) atoms. The van der Waals surface area contributed by atoms with Crippen molar-refractivity contribution in [3.63, 3.8) is 0 Å². The summed E-state index contributed by atoms with van der Waals surface area (Å²) in [4.78, 5) is 15.3. The van der Waals surface area contributed by atoms with Crippen molar-refractivity contribution < 1.29 is 4.79 Å². The van der Waals surface area contributed by atoms with Crippen LogP contribution in [0.1, 0.15) is 55.6 Å². The molecule has 152 valence electrons. The van der Waals surface area contributed by atoms with E-state index in [0.717, 1.165) is 24.9 Å². The molecule has 0 fully saturated rings. The van der Waals surface area contributed by atoms with Gasteiger partial charge < -0.3 is 10.2 Å². The van der Waals surface area contributed by atoms with E-state index in [1.54, 1.807) is 18.2 Å². The smallest absolute Gasteiger partial charge is 0.253 e. The quantitative estimate of drug-likeness (QED) is 0.521. The van der Waals surface area contributed by atoms with Crippen molar-refractivity contribution in [2.45, 2.75) is 45.7 Å². The summed E-state index contributed by atoms with van der Waals surface area (Å²) < 4.78 is 0. The van der Waals surface area contributed by atoms with Crippen LogP contribution < -0.4 is 5.32 Å². The zero-order chi connectivity index (χ0) is 20.7. The summed E-state index contributed by atoms with van der Waals surface area (Å²) in [7, 11) is 2.13. The minimum atomic E-state index is -0.196. The van der Waals surface area contributed by atoms with E-state index in [0.29, 0.717) is 21.5 Å². The van der Waals surface area contributed by atoms with Gasteiger partial charge in [0.1, 0.15) is 0 Å². The van der Waals surface area contributed by atoms with Crippen molar-refractivity contribution in [3.8, 4) is 0 Å². The van der Waals surface area contributed by atoms with Crippen molar-refractivity contribution in [2.24, 2.45) is 5.92 Å². The number of amides is 1. The fourth-order valence-corrected chi connectivity index (χ4v) is 3.90. The number of nitrogens with one attached hydrogen (secondary N) is 1. The van der Waals surface area contributed by atoms with Crippen molar-refractivity contribution in [1.82, 2.24) is 10.2 Å². The van der Waals surface area contributed by atoms with Gasteiger partial charge in [-0.1, -0.05) is 80.2 Å². The maximum absolute atomic E-state index is 13.0. The average molecular weight is 421 g/mol.